The highest BCUT2D eigenvalue weighted by Gasteiger charge is 2.22. The Hall–Kier alpha value is -3.04. The van der Waals surface area contributed by atoms with Crippen LogP contribution < -0.4 is 0 Å². The van der Waals surface area contributed by atoms with Gasteiger partial charge in [0.15, 0.2) is 5.76 Å². The first-order valence-corrected chi connectivity index (χ1v) is 8.62. The van der Waals surface area contributed by atoms with E-state index < -0.39 is 0 Å². The highest BCUT2D eigenvalue weighted by Crippen LogP contribution is 2.41. The lowest BCUT2D eigenvalue weighted by molar-refractivity contribution is 0.435. The molecule has 128 valence electrons. The SMILES string of the molecule is Cc1ccccc1-c1c(-c2cccc(Cl)c2)noc1-c1ccc(O)cc1. The van der Waals surface area contributed by atoms with Crippen molar-refractivity contribution in [3.05, 3.63) is 83.4 Å². The average Bonchev–Trinajstić information content (AvgIpc) is 3.07. The fourth-order valence-corrected chi connectivity index (χ4v) is 3.23. The molecule has 0 atom stereocenters. The molecule has 0 radical (unpaired) electrons. The predicted octanol–water partition coefficient (Wildman–Crippen LogP) is 6.34. The zero-order chi connectivity index (χ0) is 18.1. The van der Waals surface area contributed by atoms with E-state index in [1.54, 1.807) is 12.1 Å². The molecule has 4 heteroatoms. The minimum absolute atomic E-state index is 0.209. The second kappa shape index (κ2) is 6.70. The molecule has 0 bridgehead atoms. The highest BCUT2D eigenvalue weighted by atomic mass is 35.5. The Kier molecular flexibility index (Phi) is 4.23. The second-order valence-corrected chi connectivity index (χ2v) is 6.54. The monoisotopic (exact) mass is 361 g/mol. The van der Waals surface area contributed by atoms with Gasteiger partial charge in [-0.05, 0) is 54.4 Å². The third kappa shape index (κ3) is 2.98. The number of rotatable bonds is 3. The number of aromatic hydroxyl groups is 1. The van der Waals surface area contributed by atoms with Gasteiger partial charge < -0.3 is 9.63 Å². The van der Waals surface area contributed by atoms with E-state index in [-0.39, 0.29) is 5.75 Å². The quantitative estimate of drug-likeness (QED) is 0.463. The van der Waals surface area contributed by atoms with Crippen molar-refractivity contribution in [1.82, 2.24) is 5.16 Å². The van der Waals surface area contributed by atoms with Crippen LogP contribution in [0.2, 0.25) is 5.02 Å². The number of phenolic OH excluding ortho intramolecular Hbond substituents is 1. The van der Waals surface area contributed by atoms with Gasteiger partial charge in [0.1, 0.15) is 11.4 Å². The van der Waals surface area contributed by atoms with Gasteiger partial charge in [-0.2, -0.15) is 0 Å². The zero-order valence-corrected chi connectivity index (χ0v) is 14.9. The molecular formula is C22H16ClNO2. The van der Waals surface area contributed by atoms with E-state index >= 15 is 0 Å². The summed E-state index contributed by atoms with van der Waals surface area (Å²) < 4.78 is 5.75. The first kappa shape index (κ1) is 16.4. The van der Waals surface area contributed by atoms with E-state index in [9.17, 15) is 5.11 Å². The fourth-order valence-electron chi connectivity index (χ4n) is 3.04. The number of hydrogen-bond acceptors (Lipinski definition) is 3. The van der Waals surface area contributed by atoms with E-state index in [4.69, 9.17) is 16.1 Å². The van der Waals surface area contributed by atoms with Gasteiger partial charge in [0, 0.05) is 16.1 Å². The van der Waals surface area contributed by atoms with Crippen molar-refractivity contribution >= 4 is 11.6 Å². The van der Waals surface area contributed by atoms with Crippen molar-refractivity contribution in [2.75, 3.05) is 0 Å². The van der Waals surface area contributed by atoms with E-state index in [1.165, 1.54) is 0 Å². The molecule has 0 saturated carbocycles. The molecule has 1 heterocycles. The van der Waals surface area contributed by atoms with Crippen molar-refractivity contribution < 1.29 is 9.63 Å². The predicted molar refractivity (Wildman–Crippen MR) is 104 cm³/mol. The molecule has 4 aromatic rings. The standard InChI is InChI=1S/C22H16ClNO2/c1-14-5-2-3-8-19(14)20-21(16-6-4-7-17(23)13-16)24-26-22(20)15-9-11-18(25)12-10-15/h2-13,25H,1H3. The topological polar surface area (TPSA) is 46.3 Å². The summed E-state index contributed by atoms with van der Waals surface area (Å²) in [5, 5.41) is 14.6. The molecule has 3 aromatic carbocycles. The second-order valence-electron chi connectivity index (χ2n) is 6.11. The van der Waals surface area contributed by atoms with Crippen LogP contribution in [-0.4, -0.2) is 10.3 Å². The largest absolute Gasteiger partial charge is 0.508 e. The zero-order valence-electron chi connectivity index (χ0n) is 14.1. The Morgan fingerprint density at radius 1 is 0.885 bits per heavy atom. The first-order valence-electron chi connectivity index (χ1n) is 8.24. The van der Waals surface area contributed by atoms with Gasteiger partial charge in [-0.25, -0.2) is 0 Å². The molecule has 0 unspecified atom stereocenters. The van der Waals surface area contributed by atoms with E-state index in [0.717, 1.165) is 33.5 Å². The van der Waals surface area contributed by atoms with Crippen LogP contribution in [0.5, 0.6) is 5.75 Å². The summed E-state index contributed by atoms with van der Waals surface area (Å²) >= 11 is 6.18. The fraction of sp³-hybridized carbons (Fsp3) is 0.0455. The van der Waals surface area contributed by atoms with Crippen LogP contribution in [0.15, 0.2) is 77.3 Å². The maximum Gasteiger partial charge on any atom is 0.175 e. The molecule has 0 aliphatic rings. The summed E-state index contributed by atoms with van der Waals surface area (Å²) in [5.41, 5.74) is 5.57. The van der Waals surface area contributed by atoms with E-state index in [2.05, 4.69) is 24.2 Å². The molecular weight excluding hydrogens is 346 g/mol. The van der Waals surface area contributed by atoms with Crippen molar-refractivity contribution in [2.45, 2.75) is 6.92 Å². The summed E-state index contributed by atoms with van der Waals surface area (Å²) in [7, 11) is 0. The molecule has 1 N–H and O–H groups in total. The third-order valence-corrected chi connectivity index (χ3v) is 4.57. The van der Waals surface area contributed by atoms with E-state index in [0.29, 0.717) is 10.8 Å². The average molecular weight is 362 g/mol. The number of benzene rings is 3. The summed E-state index contributed by atoms with van der Waals surface area (Å²) in [6.45, 7) is 2.06. The van der Waals surface area contributed by atoms with Gasteiger partial charge >= 0.3 is 0 Å². The Morgan fingerprint density at radius 2 is 1.65 bits per heavy atom. The summed E-state index contributed by atoms with van der Waals surface area (Å²) in [5.74, 6) is 0.870. The maximum absolute atomic E-state index is 9.59. The molecule has 0 fully saturated rings. The van der Waals surface area contributed by atoms with Crippen LogP contribution in [0.1, 0.15) is 5.56 Å². The summed E-state index contributed by atoms with van der Waals surface area (Å²) in [6.07, 6.45) is 0. The van der Waals surface area contributed by atoms with Gasteiger partial charge in [0.25, 0.3) is 0 Å². The number of aromatic nitrogens is 1. The van der Waals surface area contributed by atoms with Crippen molar-refractivity contribution in [2.24, 2.45) is 0 Å². The van der Waals surface area contributed by atoms with Crippen LogP contribution in [0.25, 0.3) is 33.7 Å². The molecule has 0 aliphatic heterocycles. The minimum atomic E-state index is 0.209. The first-order chi connectivity index (χ1) is 12.6. The summed E-state index contributed by atoms with van der Waals surface area (Å²) in [6, 6.07) is 22.6. The van der Waals surface area contributed by atoms with Crippen LogP contribution in [0, 0.1) is 6.92 Å². The van der Waals surface area contributed by atoms with Crippen LogP contribution >= 0.6 is 11.6 Å². The molecule has 0 amide bonds. The van der Waals surface area contributed by atoms with E-state index in [1.807, 2.05) is 48.5 Å². The third-order valence-electron chi connectivity index (χ3n) is 4.33. The Bertz CT molecular complexity index is 1070. The number of phenols is 1. The number of nitrogens with zero attached hydrogens (tertiary/aromatic N) is 1. The molecule has 4 rings (SSSR count). The van der Waals surface area contributed by atoms with Crippen molar-refractivity contribution in [3.63, 3.8) is 0 Å². The Balaban J connectivity index is 1.99. The molecule has 1 aromatic heterocycles. The van der Waals surface area contributed by atoms with Gasteiger partial charge in [-0.3, -0.25) is 0 Å². The molecule has 0 spiro atoms. The normalized spacial score (nSPS) is 10.8. The lowest BCUT2D eigenvalue weighted by atomic mass is 9.93. The smallest absolute Gasteiger partial charge is 0.175 e. The highest BCUT2D eigenvalue weighted by molar-refractivity contribution is 6.30. The van der Waals surface area contributed by atoms with Crippen LogP contribution in [0.4, 0.5) is 0 Å². The lowest BCUT2D eigenvalue weighted by Crippen LogP contribution is -1.88. The minimum Gasteiger partial charge on any atom is -0.508 e. The van der Waals surface area contributed by atoms with Crippen LogP contribution in [0.3, 0.4) is 0 Å². The van der Waals surface area contributed by atoms with Gasteiger partial charge in [0.05, 0.1) is 5.56 Å². The van der Waals surface area contributed by atoms with Gasteiger partial charge in [0.2, 0.25) is 0 Å². The van der Waals surface area contributed by atoms with Gasteiger partial charge in [-0.1, -0.05) is 53.2 Å². The summed E-state index contributed by atoms with van der Waals surface area (Å²) in [4.78, 5) is 0. The van der Waals surface area contributed by atoms with Gasteiger partial charge in [-0.15, -0.1) is 0 Å². The number of hydrogen-bond donors (Lipinski definition) is 1. The van der Waals surface area contributed by atoms with Crippen molar-refractivity contribution in [3.8, 4) is 39.5 Å². The number of halogens is 1. The Labute approximate surface area is 156 Å². The lowest BCUT2D eigenvalue weighted by Gasteiger charge is -2.08. The number of aryl methyl sites for hydroxylation is 1. The molecule has 0 saturated heterocycles. The molecule has 3 nitrogen and oxygen atoms in total. The Morgan fingerprint density at radius 3 is 2.38 bits per heavy atom. The maximum atomic E-state index is 9.59. The van der Waals surface area contributed by atoms with Crippen LogP contribution in [-0.2, 0) is 0 Å². The van der Waals surface area contributed by atoms with Crippen molar-refractivity contribution in [1.29, 1.82) is 0 Å². The molecule has 26 heavy (non-hydrogen) atoms. The molecule has 0 aliphatic carbocycles.